The summed E-state index contributed by atoms with van der Waals surface area (Å²) in [4.78, 5) is 31.0. The maximum absolute atomic E-state index is 13.8. The number of aryl methyl sites for hydroxylation is 2. The van der Waals surface area contributed by atoms with E-state index in [0.29, 0.717) is 21.4 Å². The van der Waals surface area contributed by atoms with E-state index in [2.05, 4.69) is 10.3 Å². The van der Waals surface area contributed by atoms with Crippen LogP contribution in [0.2, 0.25) is 10.0 Å². The van der Waals surface area contributed by atoms with Crippen molar-refractivity contribution in [2.45, 2.75) is 6.04 Å². The van der Waals surface area contributed by atoms with Gasteiger partial charge in [-0.1, -0.05) is 53.5 Å². The fourth-order valence-corrected chi connectivity index (χ4v) is 5.18. The van der Waals surface area contributed by atoms with Gasteiger partial charge in [0.25, 0.3) is 5.56 Å². The first-order valence-corrected chi connectivity index (χ1v) is 13.0. The maximum Gasteiger partial charge on any atom is 0.259 e. The summed E-state index contributed by atoms with van der Waals surface area (Å²) in [6.07, 6.45) is 3.51. The van der Waals surface area contributed by atoms with E-state index in [4.69, 9.17) is 27.9 Å². The molecule has 198 valence electrons. The number of carbonyl (C=O) groups is 1. The molecule has 3 aromatic carbocycles. The Labute approximate surface area is 235 Å². The average Bonchev–Trinajstić information content (AvgIpc) is 3.35. The molecule has 1 unspecified atom stereocenters. The molecule has 0 fully saturated rings. The molecule has 0 aliphatic heterocycles. The van der Waals surface area contributed by atoms with Gasteiger partial charge in [-0.05, 0) is 53.1 Å². The predicted octanol–water partition coefficient (Wildman–Crippen LogP) is 5.76. The first-order chi connectivity index (χ1) is 18.8. The molecular weight excluding hydrogens is 535 g/mol. The van der Waals surface area contributed by atoms with Gasteiger partial charge in [0.15, 0.2) is 0 Å². The first-order valence-electron chi connectivity index (χ1n) is 12.2. The molecule has 0 bridgehead atoms. The predicted molar refractivity (Wildman–Crippen MR) is 155 cm³/mol. The molecule has 0 aliphatic carbocycles. The average molecular weight is 561 g/mol. The minimum Gasteiger partial charge on any atom is -0.375 e. The van der Waals surface area contributed by atoms with E-state index in [1.54, 1.807) is 36.0 Å². The van der Waals surface area contributed by atoms with Crippen molar-refractivity contribution in [1.82, 2.24) is 19.4 Å². The molecule has 2 heterocycles. The lowest BCUT2D eigenvalue weighted by molar-refractivity contribution is -0.125. The van der Waals surface area contributed by atoms with Gasteiger partial charge in [0, 0.05) is 54.6 Å². The van der Waals surface area contributed by atoms with Crippen LogP contribution < -0.4 is 10.9 Å². The monoisotopic (exact) mass is 560 g/mol. The lowest BCUT2D eigenvalue weighted by Gasteiger charge is -2.22. The quantitative estimate of drug-likeness (QED) is 0.274. The molecule has 5 aromatic rings. The molecule has 0 saturated heterocycles. The molecule has 0 saturated carbocycles. The molecule has 1 N–H and O–H groups in total. The Morgan fingerprint density at radius 1 is 0.974 bits per heavy atom. The second-order valence-electron chi connectivity index (χ2n) is 9.24. The molecule has 1 atom stereocenters. The van der Waals surface area contributed by atoms with Gasteiger partial charge < -0.3 is 19.2 Å². The summed E-state index contributed by atoms with van der Waals surface area (Å²) in [5.74, 6) is 0.383. The summed E-state index contributed by atoms with van der Waals surface area (Å²) in [5, 5.41) is 4.99. The Morgan fingerprint density at radius 2 is 1.74 bits per heavy atom. The molecule has 0 spiro atoms. The Bertz CT molecular complexity index is 1740. The number of hydrogen-bond donors (Lipinski definition) is 1. The zero-order valence-corrected chi connectivity index (χ0v) is 23.1. The summed E-state index contributed by atoms with van der Waals surface area (Å²) in [6.45, 7) is -0.0858. The normalized spacial score (nSPS) is 12.0. The Hall–Kier alpha value is -3.91. The SMILES string of the molecule is COCC(=O)NC(c1ccc2c(c1)c(-c1cccc(Cl)c1)c(-c1ccc(Cl)cc1)c(=O)n2C)c1nccn1C. The number of rotatable bonds is 7. The van der Waals surface area contributed by atoms with Crippen molar-refractivity contribution in [3.8, 4) is 22.3 Å². The minimum atomic E-state index is -0.555. The number of imidazole rings is 1. The largest absolute Gasteiger partial charge is 0.375 e. The molecule has 7 nitrogen and oxygen atoms in total. The fraction of sp³-hybridized carbons (Fsp3) is 0.167. The third-order valence-corrected chi connectivity index (χ3v) is 7.18. The van der Waals surface area contributed by atoms with Crippen LogP contribution in [0.1, 0.15) is 17.4 Å². The van der Waals surface area contributed by atoms with E-state index in [9.17, 15) is 9.59 Å². The van der Waals surface area contributed by atoms with Crippen molar-refractivity contribution in [2.24, 2.45) is 14.1 Å². The Balaban J connectivity index is 1.84. The number of carbonyl (C=O) groups excluding carboxylic acids is 1. The van der Waals surface area contributed by atoms with Gasteiger partial charge >= 0.3 is 0 Å². The van der Waals surface area contributed by atoms with Crippen LogP contribution in [-0.4, -0.2) is 33.7 Å². The summed E-state index contributed by atoms with van der Waals surface area (Å²) in [7, 11) is 5.10. The van der Waals surface area contributed by atoms with Crippen LogP contribution >= 0.6 is 23.2 Å². The number of benzene rings is 3. The number of fused-ring (bicyclic) bond motifs is 1. The third-order valence-electron chi connectivity index (χ3n) is 6.70. The molecule has 0 radical (unpaired) electrons. The maximum atomic E-state index is 13.8. The van der Waals surface area contributed by atoms with Crippen LogP contribution in [-0.2, 0) is 23.6 Å². The first kappa shape index (κ1) is 26.7. The van der Waals surface area contributed by atoms with Crippen molar-refractivity contribution in [3.63, 3.8) is 0 Å². The van der Waals surface area contributed by atoms with Crippen LogP contribution in [0.5, 0.6) is 0 Å². The van der Waals surface area contributed by atoms with Crippen molar-refractivity contribution in [3.05, 3.63) is 111 Å². The molecule has 39 heavy (non-hydrogen) atoms. The van der Waals surface area contributed by atoms with Crippen LogP contribution in [0.15, 0.2) is 83.9 Å². The molecular formula is C30H26Cl2N4O3. The Morgan fingerprint density at radius 3 is 2.41 bits per heavy atom. The van der Waals surface area contributed by atoms with Crippen molar-refractivity contribution in [1.29, 1.82) is 0 Å². The number of aromatic nitrogens is 3. The number of hydrogen-bond acceptors (Lipinski definition) is 4. The zero-order chi connectivity index (χ0) is 27.7. The molecule has 9 heteroatoms. The Kier molecular flexibility index (Phi) is 7.57. The van der Waals surface area contributed by atoms with Gasteiger partial charge in [0.2, 0.25) is 5.91 Å². The van der Waals surface area contributed by atoms with Crippen LogP contribution in [0.25, 0.3) is 33.2 Å². The second-order valence-corrected chi connectivity index (χ2v) is 10.1. The van der Waals surface area contributed by atoms with Crippen LogP contribution in [0.4, 0.5) is 0 Å². The lowest BCUT2D eigenvalue weighted by Crippen LogP contribution is -2.33. The number of pyridine rings is 1. The number of halogens is 2. The smallest absolute Gasteiger partial charge is 0.259 e. The van der Waals surface area contributed by atoms with Crippen molar-refractivity contribution < 1.29 is 9.53 Å². The highest BCUT2D eigenvalue weighted by atomic mass is 35.5. The minimum absolute atomic E-state index is 0.0858. The number of methoxy groups -OCH3 is 1. The van der Waals surface area contributed by atoms with Gasteiger partial charge in [0.05, 0.1) is 11.1 Å². The molecule has 5 rings (SSSR count). The van der Waals surface area contributed by atoms with E-state index >= 15 is 0 Å². The van der Waals surface area contributed by atoms with E-state index in [-0.39, 0.29) is 18.1 Å². The topological polar surface area (TPSA) is 78.2 Å². The van der Waals surface area contributed by atoms with E-state index in [1.165, 1.54) is 7.11 Å². The highest BCUT2D eigenvalue weighted by Crippen LogP contribution is 2.38. The molecule has 2 aromatic heterocycles. The van der Waals surface area contributed by atoms with Crippen LogP contribution in [0, 0.1) is 0 Å². The van der Waals surface area contributed by atoms with Crippen molar-refractivity contribution in [2.75, 3.05) is 13.7 Å². The van der Waals surface area contributed by atoms with Gasteiger partial charge in [-0.15, -0.1) is 0 Å². The number of ether oxygens (including phenoxy) is 1. The van der Waals surface area contributed by atoms with E-state index in [1.807, 2.05) is 66.3 Å². The zero-order valence-electron chi connectivity index (χ0n) is 21.6. The van der Waals surface area contributed by atoms with Gasteiger partial charge in [0.1, 0.15) is 18.5 Å². The summed E-state index contributed by atoms with van der Waals surface area (Å²) < 4.78 is 8.55. The molecule has 1 amide bonds. The van der Waals surface area contributed by atoms with Crippen molar-refractivity contribution >= 4 is 40.0 Å². The van der Waals surface area contributed by atoms with E-state index < -0.39 is 6.04 Å². The summed E-state index contributed by atoms with van der Waals surface area (Å²) in [5.41, 5.74) is 4.17. The fourth-order valence-electron chi connectivity index (χ4n) is 4.86. The van der Waals surface area contributed by atoms with E-state index in [0.717, 1.165) is 33.2 Å². The lowest BCUT2D eigenvalue weighted by atomic mass is 9.90. The third kappa shape index (κ3) is 5.21. The van der Waals surface area contributed by atoms with Gasteiger partial charge in [-0.2, -0.15) is 0 Å². The summed E-state index contributed by atoms with van der Waals surface area (Å²) >= 11 is 12.6. The second kappa shape index (κ2) is 11.1. The van der Waals surface area contributed by atoms with Gasteiger partial charge in [-0.25, -0.2) is 4.98 Å². The summed E-state index contributed by atoms with van der Waals surface area (Å²) in [6, 6.07) is 19.9. The molecule has 0 aliphatic rings. The number of nitrogens with one attached hydrogen (secondary N) is 1. The highest BCUT2D eigenvalue weighted by Gasteiger charge is 2.24. The standard InChI is InChI=1S/C30H26Cl2N4O3/c1-35-14-13-33-29(35)28(34-25(37)17-39-3)20-9-12-24-23(16-20)26(19-5-4-6-22(32)15-19)27(30(38)36(24)2)18-7-10-21(31)11-8-18/h4-16,28H,17H2,1-3H3,(H,34,37). The highest BCUT2D eigenvalue weighted by molar-refractivity contribution is 6.31. The van der Waals surface area contributed by atoms with Gasteiger partial charge in [-0.3, -0.25) is 9.59 Å². The number of amides is 1. The number of nitrogens with zero attached hydrogens (tertiary/aromatic N) is 3. The van der Waals surface area contributed by atoms with Crippen LogP contribution in [0.3, 0.4) is 0 Å².